The van der Waals surface area contributed by atoms with Crippen LogP contribution in [0.25, 0.3) is 0 Å². The van der Waals surface area contributed by atoms with E-state index in [2.05, 4.69) is 0 Å². The van der Waals surface area contributed by atoms with Gasteiger partial charge in [0.05, 0.1) is 0 Å². The Morgan fingerprint density at radius 3 is 1.92 bits per heavy atom. The molecular weight excluding hydrogens is 331 g/mol. The number of ether oxygens (including phenoxy) is 4. The van der Waals surface area contributed by atoms with Crippen LogP contribution in [0, 0.1) is 0 Å². The third-order valence-electron chi connectivity index (χ3n) is 3.22. The molecule has 0 aromatic carbocycles. The highest BCUT2D eigenvalue weighted by atomic mass is 19.1. The minimum Gasteiger partial charge on any atom is -0.456 e. The highest BCUT2D eigenvalue weighted by molar-refractivity contribution is 5.68. The lowest BCUT2D eigenvalue weighted by molar-refractivity contribution is -0.300. The van der Waals surface area contributed by atoms with Gasteiger partial charge in [-0.15, -0.1) is 0 Å². The van der Waals surface area contributed by atoms with Crippen LogP contribution in [0.5, 0.6) is 0 Å². The van der Waals surface area contributed by atoms with Crippen molar-refractivity contribution in [1.29, 1.82) is 0 Å². The summed E-state index contributed by atoms with van der Waals surface area (Å²) in [6, 6.07) is 0. The smallest absolute Gasteiger partial charge is 0.303 e. The van der Waals surface area contributed by atoms with Gasteiger partial charge < -0.3 is 29.2 Å². The number of alkyl halides is 1. The lowest BCUT2D eigenvalue weighted by Crippen LogP contribution is -2.63. The van der Waals surface area contributed by atoms with Gasteiger partial charge in [-0.2, -0.15) is 0 Å². The molecular formula is C14H21FO9. The van der Waals surface area contributed by atoms with E-state index in [0.717, 1.165) is 20.8 Å². The predicted octanol–water partition coefficient (Wildman–Crippen LogP) is -0.781. The van der Waals surface area contributed by atoms with Crippen LogP contribution in [-0.2, 0) is 33.3 Å². The molecule has 2 N–H and O–H groups in total. The first kappa shape index (κ1) is 20.3. The fraction of sp³-hybridized carbons (Fsp3) is 0.786. The first-order chi connectivity index (χ1) is 11.2. The molecule has 0 bridgehead atoms. The maximum absolute atomic E-state index is 14.2. The van der Waals surface area contributed by atoms with Crippen LogP contribution in [0.2, 0.25) is 0 Å². The molecule has 0 aromatic rings. The Balaban J connectivity index is 3.18. The molecule has 1 rings (SSSR count). The molecule has 0 amide bonds. The average Bonchev–Trinajstić information content (AvgIpc) is 2.44. The Morgan fingerprint density at radius 1 is 1.00 bits per heavy atom. The Hall–Kier alpha value is -1.78. The standard InChI is InChI=1S/C14H21FO9/c1-6(17)21-11-10(9(15)4-5-16)24-14(20)13(23-8(3)19)12(11)22-7(2)18/h9-14,16,20H,4-5H2,1-3H3/t9-,10?,11+,12?,13+,14+/m0/s1. The summed E-state index contributed by atoms with van der Waals surface area (Å²) >= 11 is 0. The highest BCUT2D eigenvalue weighted by Gasteiger charge is 2.53. The van der Waals surface area contributed by atoms with Gasteiger partial charge in [-0.05, 0) is 0 Å². The molecule has 0 aromatic heterocycles. The Labute approximate surface area is 137 Å². The van der Waals surface area contributed by atoms with Gasteiger partial charge in [-0.1, -0.05) is 0 Å². The zero-order chi connectivity index (χ0) is 18.4. The van der Waals surface area contributed by atoms with Crippen molar-refractivity contribution in [3.63, 3.8) is 0 Å². The van der Waals surface area contributed by atoms with Crippen LogP contribution in [0.1, 0.15) is 27.2 Å². The first-order valence-corrected chi connectivity index (χ1v) is 7.27. The summed E-state index contributed by atoms with van der Waals surface area (Å²) in [5.74, 6) is -2.45. The van der Waals surface area contributed by atoms with Crippen molar-refractivity contribution in [2.24, 2.45) is 0 Å². The van der Waals surface area contributed by atoms with Crippen LogP contribution in [0.15, 0.2) is 0 Å². The highest BCUT2D eigenvalue weighted by Crippen LogP contribution is 2.31. The number of aliphatic hydroxyl groups is 2. The van der Waals surface area contributed by atoms with Crippen LogP contribution < -0.4 is 0 Å². The maximum atomic E-state index is 14.2. The summed E-state index contributed by atoms with van der Waals surface area (Å²) in [6.07, 6.45) is -9.97. The number of hydrogen-bond donors (Lipinski definition) is 2. The molecule has 0 spiro atoms. The maximum Gasteiger partial charge on any atom is 0.303 e. The van der Waals surface area contributed by atoms with Crippen molar-refractivity contribution in [2.75, 3.05) is 6.61 Å². The van der Waals surface area contributed by atoms with E-state index in [1.807, 2.05) is 0 Å². The van der Waals surface area contributed by atoms with Crippen LogP contribution in [-0.4, -0.2) is 71.6 Å². The molecule has 1 aliphatic heterocycles. The van der Waals surface area contributed by atoms with Gasteiger partial charge in [0, 0.05) is 33.8 Å². The van der Waals surface area contributed by atoms with Crippen molar-refractivity contribution in [3.05, 3.63) is 0 Å². The second kappa shape index (κ2) is 8.90. The van der Waals surface area contributed by atoms with Crippen molar-refractivity contribution < 1.29 is 47.9 Å². The Bertz CT molecular complexity index is 469. The van der Waals surface area contributed by atoms with Crippen LogP contribution in [0.4, 0.5) is 4.39 Å². The van der Waals surface area contributed by atoms with Crippen molar-refractivity contribution in [2.45, 2.75) is 64.1 Å². The van der Waals surface area contributed by atoms with Gasteiger partial charge in [0.2, 0.25) is 0 Å². The molecule has 24 heavy (non-hydrogen) atoms. The predicted molar refractivity (Wildman–Crippen MR) is 74.1 cm³/mol. The van der Waals surface area contributed by atoms with E-state index in [1.165, 1.54) is 0 Å². The van der Waals surface area contributed by atoms with Crippen molar-refractivity contribution in [1.82, 2.24) is 0 Å². The van der Waals surface area contributed by atoms with Gasteiger partial charge >= 0.3 is 17.9 Å². The van der Waals surface area contributed by atoms with E-state index in [9.17, 15) is 23.9 Å². The zero-order valence-corrected chi connectivity index (χ0v) is 13.5. The largest absolute Gasteiger partial charge is 0.456 e. The number of carbonyl (C=O) groups excluding carboxylic acids is 3. The van der Waals surface area contributed by atoms with Crippen LogP contribution >= 0.6 is 0 Å². The van der Waals surface area contributed by atoms with Crippen LogP contribution in [0.3, 0.4) is 0 Å². The normalized spacial score (nSPS) is 31.0. The summed E-state index contributed by atoms with van der Waals surface area (Å²) in [5.41, 5.74) is 0. The van der Waals surface area contributed by atoms with E-state index in [1.54, 1.807) is 0 Å². The van der Waals surface area contributed by atoms with Crippen molar-refractivity contribution in [3.8, 4) is 0 Å². The lowest BCUT2D eigenvalue weighted by atomic mass is 9.94. The van der Waals surface area contributed by atoms with E-state index in [0.29, 0.717) is 0 Å². The number of rotatable bonds is 6. The molecule has 1 saturated heterocycles. The number of esters is 3. The number of aliphatic hydroxyl groups excluding tert-OH is 2. The summed E-state index contributed by atoms with van der Waals surface area (Å²) in [7, 11) is 0. The number of halogens is 1. The van der Waals surface area contributed by atoms with E-state index < -0.39 is 61.4 Å². The molecule has 1 fully saturated rings. The molecule has 2 unspecified atom stereocenters. The third-order valence-corrected chi connectivity index (χ3v) is 3.22. The van der Waals surface area contributed by atoms with E-state index in [-0.39, 0.29) is 6.42 Å². The monoisotopic (exact) mass is 352 g/mol. The summed E-state index contributed by atoms with van der Waals surface area (Å²) in [6.45, 7) is 2.63. The van der Waals surface area contributed by atoms with E-state index in [4.69, 9.17) is 24.1 Å². The van der Waals surface area contributed by atoms with Gasteiger partial charge in [-0.3, -0.25) is 14.4 Å². The second-order valence-electron chi connectivity index (χ2n) is 5.24. The molecule has 0 radical (unpaired) electrons. The SMILES string of the molecule is CC(=O)OC1[C@H](OC(C)=O)C([C@@H](F)CCO)O[C@@H](O)[C@@H]1OC(C)=O. The molecule has 10 heteroatoms. The quantitative estimate of drug-likeness (QED) is 0.467. The summed E-state index contributed by atoms with van der Waals surface area (Å²) < 4.78 is 34.1. The third kappa shape index (κ3) is 5.39. The topological polar surface area (TPSA) is 129 Å². The van der Waals surface area contributed by atoms with Gasteiger partial charge in [0.1, 0.15) is 12.3 Å². The summed E-state index contributed by atoms with van der Waals surface area (Å²) in [5, 5.41) is 18.8. The molecule has 9 nitrogen and oxygen atoms in total. The fourth-order valence-electron chi connectivity index (χ4n) is 2.40. The van der Waals surface area contributed by atoms with Gasteiger partial charge in [0.15, 0.2) is 24.6 Å². The zero-order valence-electron chi connectivity index (χ0n) is 13.5. The Morgan fingerprint density at radius 2 is 1.46 bits per heavy atom. The number of carbonyl (C=O) groups is 3. The minimum atomic E-state index is -1.83. The fourth-order valence-corrected chi connectivity index (χ4v) is 2.40. The van der Waals surface area contributed by atoms with Gasteiger partial charge in [0.25, 0.3) is 0 Å². The summed E-state index contributed by atoms with van der Waals surface area (Å²) in [4.78, 5) is 33.8. The molecule has 6 atom stereocenters. The average molecular weight is 352 g/mol. The second-order valence-corrected chi connectivity index (χ2v) is 5.24. The Kier molecular flexibility index (Phi) is 7.52. The minimum absolute atomic E-state index is 0.361. The molecule has 1 heterocycles. The molecule has 1 aliphatic rings. The first-order valence-electron chi connectivity index (χ1n) is 7.27. The van der Waals surface area contributed by atoms with E-state index >= 15 is 0 Å². The molecule has 138 valence electrons. The van der Waals surface area contributed by atoms with Crippen molar-refractivity contribution >= 4 is 17.9 Å². The van der Waals surface area contributed by atoms with Gasteiger partial charge in [-0.25, -0.2) is 4.39 Å². The number of hydrogen-bond acceptors (Lipinski definition) is 9. The molecule has 0 aliphatic carbocycles. The lowest BCUT2D eigenvalue weighted by Gasteiger charge is -2.43. The molecule has 0 saturated carbocycles.